The van der Waals surface area contributed by atoms with Crippen LogP contribution in [0.25, 0.3) is 17.2 Å². The first kappa shape index (κ1) is 20.0. The number of anilines is 1. The van der Waals surface area contributed by atoms with Gasteiger partial charge in [0.05, 0.1) is 24.3 Å². The molecule has 2 aromatic carbocycles. The standard InChI is InChI=1S/C24H25ClN2O/c1-6-27-22-13-23(28-5)18(12-21(22)16(2)14-24(27,3)4)10-19(15-26)17-8-7-9-20(25)11-17/h7-14H,6H2,1-5H3/b19-10+. The number of methoxy groups -OCH3 is 1. The smallest absolute Gasteiger partial charge is 0.128 e. The molecule has 0 spiro atoms. The molecule has 28 heavy (non-hydrogen) atoms. The number of ether oxygens (including phenoxy) is 1. The highest BCUT2D eigenvalue weighted by molar-refractivity contribution is 6.30. The maximum absolute atomic E-state index is 9.71. The molecular weight excluding hydrogens is 368 g/mol. The molecule has 0 bridgehead atoms. The van der Waals surface area contributed by atoms with Crippen LogP contribution >= 0.6 is 11.6 Å². The monoisotopic (exact) mass is 392 g/mol. The lowest BCUT2D eigenvalue weighted by atomic mass is 9.87. The van der Waals surface area contributed by atoms with Gasteiger partial charge in [-0.05, 0) is 63.1 Å². The summed E-state index contributed by atoms with van der Waals surface area (Å²) in [5, 5.41) is 10.3. The predicted molar refractivity (Wildman–Crippen MR) is 119 cm³/mol. The number of hydrogen-bond acceptors (Lipinski definition) is 3. The Morgan fingerprint density at radius 1 is 1.29 bits per heavy atom. The molecule has 0 atom stereocenters. The number of fused-ring (bicyclic) bond motifs is 1. The van der Waals surface area contributed by atoms with Gasteiger partial charge in [-0.3, -0.25) is 0 Å². The highest BCUT2D eigenvalue weighted by Crippen LogP contribution is 2.42. The number of nitrogens with zero attached hydrogens (tertiary/aromatic N) is 2. The second kappa shape index (κ2) is 7.73. The van der Waals surface area contributed by atoms with E-state index in [4.69, 9.17) is 16.3 Å². The summed E-state index contributed by atoms with van der Waals surface area (Å²) in [6.07, 6.45) is 4.16. The number of rotatable bonds is 4. The van der Waals surface area contributed by atoms with Crippen molar-refractivity contribution in [1.29, 1.82) is 5.26 Å². The van der Waals surface area contributed by atoms with E-state index in [9.17, 15) is 5.26 Å². The summed E-state index contributed by atoms with van der Waals surface area (Å²) < 4.78 is 5.69. The highest BCUT2D eigenvalue weighted by atomic mass is 35.5. The molecule has 0 aliphatic carbocycles. The summed E-state index contributed by atoms with van der Waals surface area (Å²) in [7, 11) is 1.66. The van der Waals surface area contributed by atoms with Crippen molar-refractivity contribution in [2.24, 2.45) is 0 Å². The second-order valence-electron chi connectivity index (χ2n) is 7.52. The van der Waals surface area contributed by atoms with Crippen LogP contribution in [0, 0.1) is 11.3 Å². The lowest BCUT2D eigenvalue weighted by molar-refractivity contribution is 0.413. The fourth-order valence-corrected chi connectivity index (χ4v) is 4.17. The number of likely N-dealkylation sites (N-methyl/N-ethyl adjacent to an activating group) is 1. The first-order valence-electron chi connectivity index (χ1n) is 9.38. The van der Waals surface area contributed by atoms with Gasteiger partial charge in [0.25, 0.3) is 0 Å². The molecule has 0 aromatic heterocycles. The average molecular weight is 393 g/mol. The van der Waals surface area contributed by atoms with E-state index in [1.54, 1.807) is 19.2 Å². The van der Waals surface area contributed by atoms with Crippen LogP contribution in [-0.2, 0) is 0 Å². The molecule has 4 heteroatoms. The minimum Gasteiger partial charge on any atom is -0.496 e. The topological polar surface area (TPSA) is 36.3 Å². The van der Waals surface area contributed by atoms with Gasteiger partial charge in [-0.1, -0.05) is 29.8 Å². The average Bonchev–Trinajstić information content (AvgIpc) is 2.65. The van der Waals surface area contributed by atoms with Gasteiger partial charge >= 0.3 is 0 Å². The molecule has 144 valence electrons. The Hall–Kier alpha value is -2.70. The number of halogens is 1. The molecule has 0 unspecified atom stereocenters. The van der Waals surface area contributed by atoms with Gasteiger partial charge in [-0.25, -0.2) is 0 Å². The highest BCUT2D eigenvalue weighted by Gasteiger charge is 2.31. The molecular formula is C24H25ClN2O. The van der Waals surface area contributed by atoms with Crippen LogP contribution in [0.4, 0.5) is 5.69 Å². The number of benzene rings is 2. The third kappa shape index (κ3) is 3.66. The Bertz CT molecular complexity index is 1010. The van der Waals surface area contributed by atoms with Gasteiger partial charge < -0.3 is 9.64 Å². The van der Waals surface area contributed by atoms with Crippen LogP contribution in [0.1, 0.15) is 44.4 Å². The zero-order chi connectivity index (χ0) is 20.5. The third-order valence-corrected chi connectivity index (χ3v) is 5.44. The van der Waals surface area contributed by atoms with E-state index in [-0.39, 0.29) is 5.54 Å². The second-order valence-corrected chi connectivity index (χ2v) is 7.95. The summed E-state index contributed by atoms with van der Waals surface area (Å²) in [4.78, 5) is 2.37. The van der Waals surface area contributed by atoms with Crippen LogP contribution in [0.3, 0.4) is 0 Å². The van der Waals surface area contributed by atoms with Crippen LogP contribution in [0.2, 0.25) is 5.02 Å². The van der Waals surface area contributed by atoms with E-state index >= 15 is 0 Å². The van der Waals surface area contributed by atoms with Crippen molar-refractivity contribution < 1.29 is 4.74 Å². The van der Waals surface area contributed by atoms with Crippen LogP contribution in [0.15, 0.2) is 42.5 Å². The van der Waals surface area contributed by atoms with E-state index in [0.29, 0.717) is 10.6 Å². The van der Waals surface area contributed by atoms with E-state index in [0.717, 1.165) is 34.7 Å². The third-order valence-electron chi connectivity index (χ3n) is 5.20. The zero-order valence-electron chi connectivity index (χ0n) is 17.0. The Morgan fingerprint density at radius 3 is 2.64 bits per heavy atom. The van der Waals surface area contributed by atoms with Crippen LogP contribution in [0.5, 0.6) is 5.75 Å². The maximum atomic E-state index is 9.71. The summed E-state index contributed by atoms with van der Waals surface area (Å²) in [5.74, 6) is 0.748. The SMILES string of the molecule is CCN1c2cc(OC)c(/C=C(\C#N)c3cccc(Cl)c3)cc2C(C)=CC1(C)C. The largest absolute Gasteiger partial charge is 0.496 e. The molecule has 0 saturated heterocycles. The number of nitriles is 1. The molecule has 0 saturated carbocycles. The molecule has 1 aliphatic heterocycles. The zero-order valence-corrected chi connectivity index (χ0v) is 17.8. The summed E-state index contributed by atoms with van der Waals surface area (Å²) in [6, 6.07) is 13.8. The molecule has 3 rings (SSSR count). The van der Waals surface area contributed by atoms with E-state index in [1.165, 1.54) is 5.57 Å². The van der Waals surface area contributed by atoms with Gasteiger partial charge in [0, 0.05) is 34.4 Å². The van der Waals surface area contributed by atoms with Gasteiger partial charge in [-0.15, -0.1) is 0 Å². The first-order valence-corrected chi connectivity index (χ1v) is 9.75. The van der Waals surface area contributed by atoms with Gasteiger partial charge in [0.15, 0.2) is 0 Å². The van der Waals surface area contributed by atoms with E-state index in [1.807, 2.05) is 18.2 Å². The molecule has 0 radical (unpaired) electrons. The number of hydrogen-bond donors (Lipinski definition) is 0. The van der Waals surface area contributed by atoms with Crippen molar-refractivity contribution in [3.05, 3.63) is 64.2 Å². The van der Waals surface area contributed by atoms with Gasteiger partial charge in [0.2, 0.25) is 0 Å². The Labute approximate surface area is 172 Å². The minimum absolute atomic E-state index is 0.0627. The first-order chi connectivity index (χ1) is 13.3. The van der Waals surface area contributed by atoms with Crippen molar-refractivity contribution in [2.75, 3.05) is 18.6 Å². The molecule has 3 nitrogen and oxygen atoms in total. The van der Waals surface area contributed by atoms with E-state index < -0.39 is 0 Å². The quantitative estimate of drug-likeness (QED) is 0.444. The van der Waals surface area contributed by atoms with Crippen molar-refractivity contribution >= 4 is 34.5 Å². The molecule has 1 aliphatic rings. The molecule has 2 aromatic rings. The molecule has 0 N–H and O–H groups in total. The lowest BCUT2D eigenvalue weighted by Crippen LogP contribution is -2.44. The Morgan fingerprint density at radius 2 is 2.04 bits per heavy atom. The van der Waals surface area contributed by atoms with E-state index in [2.05, 4.69) is 56.9 Å². The van der Waals surface area contributed by atoms with Crippen molar-refractivity contribution in [1.82, 2.24) is 0 Å². The normalized spacial score (nSPS) is 15.5. The maximum Gasteiger partial charge on any atom is 0.128 e. The summed E-state index contributed by atoms with van der Waals surface area (Å²) >= 11 is 6.11. The fraction of sp³-hybridized carbons (Fsp3) is 0.292. The van der Waals surface area contributed by atoms with Gasteiger partial charge in [0.1, 0.15) is 5.75 Å². The summed E-state index contributed by atoms with van der Waals surface area (Å²) in [6.45, 7) is 9.63. The molecule has 1 heterocycles. The molecule has 0 amide bonds. The van der Waals surface area contributed by atoms with Crippen LogP contribution in [-0.4, -0.2) is 19.2 Å². The van der Waals surface area contributed by atoms with Crippen molar-refractivity contribution in [3.63, 3.8) is 0 Å². The Balaban J connectivity index is 2.19. The van der Waals surface area contributed by atoms with Crippen molar-refractivity contribution in [2.45, 2.75) is 33.2 Å². The van der Waals surface area contributed by atoms with Crippen molar-refractivity contribution in [3.8, 4) is 11.8 Å². The van der Waals surface area contributed by atoms with Crippen LogP contribution < -0.4 is 9.64 Å². The summed E-state index contributed by atoms with van der Waals surface area (Å²) in [5.41, 5.74) is 5.69. The predicted octanol–water partition coefficient (Wildman–Crippen LogP) is 6.43. The fourth-order valence-electron chi connectivity index (χ4n) is 3.98. The van der Waals surface area contributed by atoms with Gasteiger partial charge in [-0.2, -0.15) is 5.26 Å². The lowest BCUT2D eigenvalue weighted by Gasteiger charge is -2.43. The molecule has 0 fully saturated rings. The minimum atomic E-state index is -0.0627. The Kier molecular flexibility index (Phi) is 5.54. The number of allylic oxidation sites excluding steroid dienone is 2.